The summed E-state index contributed by atoms with van der Waals surface area (Å²) < 4.78 is 30.0. The second-order valence-corrected chi connectivity index (χ2v) is 8.99. The highest BCUT2D eigenvalue weighted by Crippen LogP contribution is 2.25. The van der Waals surface area contributed by atoms with E-state index in [4.69, 9.17) is 9.84 Å². The number of morpholine rings is 1. The predicted octanol–water partition coefficient (Wildman–Crippen LogP) is 0.860. The fourth-order valence-electron chi connectivity index (χ4n) is 2.43. The third-order valence-corrected chi connectivity index (χ3v) is 5.69. The SMILES string of the molecule is CCC(C)(C)CCN1CCOC(CN(CC(=O)O)S(C)(=O)=O)C1. The van der Waals surface area contributed by atoms with Gasteiger partial charge in [-0.2, -0.15) is 4.31 Å². The number of carboxylic acids is 1. The Hall–Kier alpha value is -0.700. The van der Waals surface area contributed by atoms with Crippen molar-refractivity contribution in [2.24, 2.45) is 5.41 Å². The van der Waals surface area contributed by atoms with Gasteiger partial charge in [0.05, 0.1) is 19.0 Å². The van der Waals surface area contributed by atoms with Crippen LogP contribution in [0.15, 0.2) is 0 Å². The normalized spacial score (nSPS) is 20.8. The van der Waals surface area contributed by atoms with Gasteiger partial charge in [0.2, 0.25) is 10.0 Å². The second-order valence-electron chi connectivity index (χ2n) is 7.01. The number of hydrogen-bond donors (Lipinski definition) is 1. The lowest BCUT2D eigenvalue weighted by atomic mass is 9.86. The quantitative estimate of drug-likeness (QED) is 0.664. The van der Waals surface area contributed by atoms with Gasteiger partial charge in [-0.15, -0.1) is 0 Å². The molecule has 7 nitrogen and oxygen atoms in total. The van der Waals surface area contributed by atoms with Crippen LogP contribution in [0.2, 0.25) is 0 Å². The molecule has 1 saturated heterocycles. The highest BCUT2D eigenvalue weighted by Gasteiger charge is 2.28. The minimum absolute atomic E-state index is 0.0821. The molecule has 1 unspecified atom stereocenters. The van der Waals surface area contributed by atoms with Crippen molar-refractivity contribution in [1.82, 2.24) is 9.21 Å². The Labute approximate surface area is 139 Å². The monoisotopic (exact) mass is 350 g/mol. The van der Waals surface area contributed by atoms with Gasteiger partial charge in [-0.1, -0.05) is 27.2 Å². The molecular formula is C15H30N2O5S. The van der Waals surface area contributed by atoms with Crippen LogP contribution in [-0.2, 0) is 19.6 Å². The number of carboxylic acid groups (broad SMARTS) is 1. The molecule has 0 aromatic carbocycles. The average Bonchev–Trinajstić information content (AvgIpc) is 2.44. The molecule has 23 heavy (non-hydrogen) atoms. The van der Waals surface area contributed by atoms with Gasteiger partial charge in [-0.3, -0.25) is 9.69 Å². The molecule has 0 aromatic heterocycles. The average molecular weight is 350 g/mol. The number of hydrogen-bond acceptors (Lipinski definition) is 5. The van der Waals surface area contributed by atoms with Crippen LogP contribution in [0.4, 0.5) is 0 Å². The third-order valence-electron chi connectivity index (χ3n) is 4.47. The Balaban J connectivity index is 2.58. The number of aliphatic carboxylic acids is 1. The van der Waals surface area contributed by atoms with E-state index in [1.807, 2.05) is 0 Å². The van der Waals surface area contributed by atoms with Gasteiger partial charge in [0.1, 0.15) is 6.54 Å². The number of rotatable bonds is 9. The molecule has 8 heteroatoms. The molecule has 1 atom stereocenters. The molecule has 0 amide bonds. The number of nitrogens with zero attached hydrogens (tertiary/aromatic N) is 2. The van der Waals surface area contributed by atoms with E-state index in [1.165, 1.54) is 0 Å². The second kappa shape index (κ2) is 8.41. The molecule has 136 valence electrons. The van der Waals surface area contributed by atoms with Gasteiger partial charge < -0.3 is 9.84 Å². The topological polar surface area (TPSA) is 87.2 Å². The Morgan fingerprint density at radius 1 is 1.43 bits per heavy atom. The van der Waals surface area contributed by atoms with Crippen LogP contribution in [0.3, 0.4) is 0 Å². The zero-order valence-electron chi connectivity index (χ0n) is 14.6. The summed E-state index contributed by atoms with van der Waals surface area (Å²) in [7, 11) is -3.56. The van der Waals surface area contributed by atoms with E-state index in [1.54, 1.807) is 0 Å². The number of ether oxygens (including phenoxy) is 1. The molecule has 0 saturated carbocycles. The van der Waals surface area contributed by atoms with Crippen molar-refractivity contribution in [3.63, 3.8) is 0 Å². The molecule has 1 aliphatic rings. The molecule has 0 aliphatic carbocycles. The minimum Gasteiger partial charge on any atom is -0.480 e. The highest BCUT2D eigenvalue weighted by molar-refractivity contribution is 7.88. The summed E-state index contributed by atoms with van der Waals surface area (Å²) in [5.74, 6) is -1.16. The fourth-order valence-corrected chi connectivity index (χ4v) is 3.21. The van der Waals surface area contributed by atoms with E-state index in [-0.39, 0.29) is 18.1 Å². The summed E-state index contributed by atoms with van der Waals surface area (Å²) in [5, 5.41) is 8.87. The van der Waals surface area contributed by atoms with Crippen molar-refractivity contribution in [3.8, 4) is 0 Å². The van der Waals surface area contributed by atoms with Crippen molar-refractivity contribution >= 4 is 16.0 Å². The van der Waals surface area contributed by atoms with Crippen LogP contribution in [-0.4, -0.2) is 80.4 Å². The van der Waals surface area contributed by atoms with E-state index in [9.17, 15) is 13.2 Å². The maximum absolute atomic E-state index is 11.7. The van der Waals surface area contributed by atoms with Gasteiger partial charge in [0.25, 0.3) is 0 Å². The lowest BCUT2D eigenvalue weighted by molar-refractivity contribution is -0.137. The lowest BCUT2D eigenvalue weighted by Gasteiger charge is -2.36. The number of sulfonamides is 1. The van der Waals surface area contributed by atoms with Crippen LogP contribution >= 0.6 is 0 Å². The van der Waals surface area contributed by atoms with Crippen molar-refractivity contribution in [1.29, 1.82) is 0 Å². The zero-order chi connectivity index (χ0) is 17.7. The summed E-state index contributed by atoms with van der Waals surface area (Å²) in [6, 6.07) is 0. The maximum Gasteiger partial charge on any atom is 0.318 e. The van der Waals surface area contributed by atoms with Gasteiger partial charge in [-0.25, -0.2) is 8.42 Å². The molecule has 1 N–H and O–H groups in total. The van der Waals surface area contributed by atoms with Crippen molar-refractivity contribution in [2.75, 3.05) is 45.6 Å². The summed E-state index contributed by atoms with van der Waals surface area (Å²) in [5.41, 5.74) is 0.288. The molecule has 0 aromatic rings. The Bertz CT molecular complexity index is 492. The molecule has 1 aliphatic heterocycles. The van der Waals surface area contributed by atoms with E-state index in [2.05, 4.69) is 25.7 Å². The summed E-state index contributed by atoms with van der Waals surface area (Å²) in [6.07, 6.45) is 2.92. The number of carbonyl (C=O) groups is 1. The zero-order valence-corrected chi connectivity index (χ0v) is 15.4. The summed E-state index contributed by atoms with van der Waals surface area (Å²) >= 11 is 0. The molecule has 1 heterocycles. The lowest BCUT2D eigenvalue weighted by Crippen LogP contribution is -2.50. The Morgan fingerprint density at radius 3 is 2.61 bits per heavy atom. The highest BCUT2D eigenvalue weighted by atomic mass is 32.2. The van der Waals surface area contributed by atoms with E-state index < -0.39 is 22.5 Å². The fraction of sp³-hybridized carbons (Fsp3) is 0.933. The van der Waals surface area contributed by atoms with Crippen molar-refractivity contribution < 1.29 is 23.1 Å². The van der Waals surface area contributed by atoms with E-state index in [0.717, 1.165) is 36.5 Å². The van der Waals surface area contributed by atoms with Crippen LogP contribution in [0.1, 0.15) is 33.6 Å². The van der Waals surface area contributed by atoms with Gasteiger partial charge in [0, 0.05) is 19.6 Å². The van der Waals surface area contributed by atoms with Gasteiger partial charge in [-0.05, 0) is 18.4 Å². The standard InChI is InChI=1S/C15H30N2O5S/c1-5-15(2,3)6-7-16-8-9-22-13(10-16)11-17(12-14(18)19)23(4,20)21/h13H,5-12H2,1-4H3,(H,18,19). The van der Waals surface area contributed by atoms with Crippen LogP contribution in [0.25, 0.3) is 0 Å². The maximum atomic E-state index is 11.7. The predicted molar refractivity (Wildman–Crippen MR) is 88.9 cm³/mol. The summed E-state index contributed by atoms with van der Waals surface area (Å²) in [6.45, 7) is 9.16. The first kappa shape index (κ1) is 20.3. The van der Waals surface area contributed by atoms with E-state index >= 15 is 0 Å². The van der Waals surface area contributed by atoms with E-state index in [0.29, 0.717) is 13.2 Å². The molecule has 1 rings (SSSR count). The minimum atomic E-state index is -3.56. The molecule has 0 spiro atoms. The molecule has 0 radical (unpaired) electrons. The van der Waals surface area contributed by atoms with Crippen LogP contribution < -0.4 is 0 Å². The van der Waals surface area contributed by atoms with Gasteiger partial charge in [0.15, 0.2) is 0 Å². The first-order chi connectivity index (χ1) is 10.5. The van der Waals surface area contributed by atoms with Crippen LogP contribution in [0, 0.1) is 5.41 Å². The summed E-state index contributed by atoms with van der Waals surface area (Å²) in [4.78, 5) is 13.1. The third kappa shape index (κ3) is 7.60. The molecular weight excluding hydrogens is 320 g/mol. The molecule has 0 bridgehead atoms. The Kier molecular flexibility index (Phi) is 7.44. The smallest absolute Gasteiger partial charge is 0.318 e. The molecule has 1 fully saturated rings. The van der Waals surface area contributed by atoms with Crippen LogP contribution in [0.5, 0.6) is 0 Å². The van der Waals surface area contributed by atoms with Crippen molar-refractivity contribution in [3.05, 3.63) is 0 Å². The first-order valence-corrected chi connectivity index (χ1v) is 9.89. The van der Waals surface area contributed by atoms with Crippen molar-refractivity contribution in [2.45, 2.75) is 39.7 Å². The largest absolute Gasteiger partial charge is 0.480 e. The first-order valence-electron chi connectivity index (χ1n) is 8.04. The Morgan fingerprint density at radius 2 is 2.09 bits per heavy atom. The van der Waals surface area contributed by atoms with Gasteiger partial charge >= 0.3 is 5.97 Å².